The maximum absolute atomic E-state index is 2.40. The predicted octanol–water partition coefficient (Wildman–Crippen LogP) is 1.13. The average molecular weight is 80.1 g/mol. The molecule has 4 fully saturated rings. The average Bonchev–Trinajstić information content (AvgIpc) is 2.10. The molecule has 0 N–H and O–H groups in total. The second-order valence-corrected chi connectivity index (χ2v) is 3.17. The molecule has 0 aliphatic heterocycles. The normalized spacial score (nSPS) is 90.5. The summed E-state index contributed by atoms with van der Waals surface area (Å²) in [6.07, 6.45) is 0. The molecule has 0 heterocycles. The van der Waals surface area contributed by atoms with Crippen LogP contribution in [0, 0.1) is 29.6 Å². The molecular formula is C6H8. The monoisotopic (exact) mass is 80.1 g/mol. The van der Waals surface area contributed by atoms with Gasteiger partial charge in [-0.15, -0.1) is 0 Å². The van der Waals surface area contributed by atoms with Gasteiger partial charge in [0.25, 0.3) is 0 Å². The molecule has 6 heavy (non-hydrogen) atoms. The number of hydrogen-bond donors (Lipinski definition) is 0. The topological polar surface area (TPSA) is 0 Å². The van der Waals surface area contributed by atoms with Gasteiger partial charge < -0.3 is 0 Å². The maximum Gasteiger partial charge on any atom is -0.0312 e. The smallest absolute Gasteiger partial charge is 0.0312 e. The van der Waals surface area contributed by atoms with Crippen molar-refractivity contribution in [1.29, 1.82) is 0 Å². The summed E-state index contributed by atoms with van der Waals surface area (Å²) in [5.74, 6) is 6.27. The highest BCUT2D eigenvalue weighted by molar-refractivity contribution is 5.33. The van der Waals surface area contributed by atoms with Crippen molar-refractivity contribution in [2.75, 3.05) is 0 Å². The highest BCUT2D eigenvalue weighted by Gasteiger charge is 2.86. The Morgan fingerprint density at radius 3 is 1.33 bits per heavy atom. The van der Waals surface area contributed by atoms with E-state index in [1.165, 1.54) is 29.6 Å². The Bertz CT molecular complexity index is 95.2. The lowest BCUT2D eigenvalue weighted by Gasteiger charge is -2.33. The summed E-state index contributed by atoms with van der Waals surface area (Å²) in [6.45, 7) is 2.40. The summed E-state index contributed by atoms with van der Waals surface area (Å²) in [5.41, 5.74) is 0. The molecule has 4 rings (SSSR count). The summed E-state index contributed by atoms with van der Waals surface area (Å²) < 4.78 is 0. The molecular weight excluding hydrogens is 72.1 g/mol. The van der Waals surface area contributed by atoms with Gasteiger partial charge in [0.15, 0.2) is 0 Å². The van der Waals surface area contributed by atoms with Crippen molar-refractivity contribution in [1.82, 2.24) is 0 Å². The van der Waals surface area contributed by atoms with Crippen LogP contribution in [0.3, 0.4) is 0 Å². The Labute approximate surface area is 37.5 Å². The summed E-state index contributed by atoms with van der Waals surface area (Å²) in [7, 11) is 0. The van der Waals surface area contributed by atoms with Crippen molar-refractivity contribution in [3.8, 4) is 0 Å². The summed E-state index contributed by atoms with van der Waals surface area (Å²) in [5, 5.41) is 0. The van der Waals surface area contributed by atoms with Crippen LogP contribution in [0.4, 0.5) is 0 Å². The first-order valence-corrected chi connectivity index (χ1v) is 2.91. The van der Waals surface area contributed by atoms with Gasteiger partial charge in [-0.1, -0.05) is 6.92 Å². The molecule has 0 aromatic carbocycles. The third kappa shape index (κ3) is 0.0625. The van der Waals surface area contributed by atoms with Gasteiger partial charge in [0.2, 0.25) is 0 Å². The van der Waals surface area contributed by atoms with Crippen LogP contribution in [0.5, 0.6) is 0 Å². The predicted molar refractivity (Wildman–Crippen MR) is 23.1 cm³/mol. The Morgan fingerprint density at radius 1 is 0.833 bits per heavy atom. The van der Waals surface area contributed by atoms with Gasteiger partial charge >= 0.3 is 0 Å². The van der Waals surface area contributed by atoms with E-state index in [4.69, 9.17) is 0 Å². The lowest BCUT2D eigenvalue weighted by molar-refractivity contribution is 0.146. The van der Waals surface area contributed by atoms with Gasteiger partial charge in [-0.3, -0.25) is 0 Å². The molecule has 4 saturated carbocycles. The summed E-state index contributed by atoms with van der Waals surface area (Å²) >= 11 is 0. The van der Waals surface area contributed by atoms with Crippen LogP contribution in [0.15, 0.2) is 0 Å². The minimum absolute atomic E-state index is 1.17. The quantitative estimate of drug-likeness (QED) is 0.409. The summed E-state index contributed by atoms with van der Waals surface area (Å²) in [6, 6.07) is 0. The van der Waals surface area contributed by atoms with E-state index in [2.05, 4.69) is 6.92 Å². The second-order valence-electron chi connectivity index (χ2n) is 3.17. The molecule has 0 heteroatoms. The second kappa shape index (κ2) is 0.356. The van der Waals surface area contributed by atoms with E-state index in [9.17, 15) is 0 Å². The van der Waals surface area contributed by atoms with E-state index in [1.54, 1.807) is 0 Å². The lowest BCUT2D eigenvalue weighted by atomic mass is 9.72. The molecule has 0 atom stereocenters. The fourth-order valence-electron chi connectivity index (χ4n) is 2.51. The molecule has 0 amide bonds. The number of rotatable bonds is 0. The molecule has 0 aromatic heterocycles. The van der Waals surface area contributed by atoms with Crippen LogP contribution < -0.4 is 0 Å². The van der Waals surface area contributed by atoms with Gasteiger partial charge in [0, 0.05) is 0 Å². The van der Waals surface area contributed by atoms with E-state index < -0.39 is 0 Å². The van der Waals surface area contributed by atoms with Crippen LogP contribution in [0.25, 0.3) is 0 Å². The van der Waals surface area contributed by atoms with E-state index in [0.717, 1.165) is 0 Å². The minimum Gasteiger partial charge on any atom is -0.0619 e. The Morgan fingerprint density at radius 2 is 1.33 bits per heavy atom. The molecule has 0 nitrogen and oxygen atoms in total. The standard InChI is InChI=1S/C6H8/c1-2-3-5-4(2)6(3)5/h2-6H,1H3. The SMILES string of the molecule is CC1C2C3C1C23. The van der Waals surface area contributed by atoms with Crippen molar-refractivity contribution < 1.29 is 0 Å². The maximum atomic E-state index is 2.40. The van der Waals surface area contributed by atoms with Crippen LogP contribution in [0.2, 0.25) is 0 Å². The van der Waals surface area contributed by atoms with Gasteiger partial charge in [-0.25, -0.2) is 0 Å². The van der Waals surface area contributed by atoms with E-state index >= 15 is 0 Å². The van der Waals surface area contributed by atoms with Crippen LogP contribution >= 0.6 is 0 Å². The van der Waals surface area contributed by atoms with Crippen molar-refractivity contribution in [2.45, 2.75) is 6.92 Å². The minimum atomic E-state index is 1.17. The largest absolute Gasteiger partial charge is 0.0619 e. The molecule has 2 bridgehead atoms. The van der Waals surface area contributed by atoms with Gasteiger partial charge in [-0.05, 0) is 29.6 Å². The number of hydrogen-bond acceptors (Lipinski definition) is 0. The Balaban J connectivity index is 2.12. The van der Waals surface area contributed by atoms with Crippen molar-refractivity contribution in [2.24, 2.45) is 29.6 Å². The first-order chi connectivity index (χ1) is 2.91. The van der Waals surface area contributed by atoms with Gasteiger partial charge in [0.05, 0.1) is 0 Å². The lowest BCUT2D eigenvalue weighted by Crippen LogP contribution is -2.28. The molecule has 4 aliphatic rings. The zero-order valence-corrected chi connectivity index (χ0v) is 3.89. The molecule has 4 aliphatic carbocycles. The molecule has 0 radical (unpaired) electrons. The van der Waals surface area contributed by atoms with E-state index in [1.807, 2.05) is 0 Å². The zero-order valence-electron chi connectivity index (χ0n) is 3.89. The molecule has 0 saturated heterocycles. The zero-order chi connectivity index (χ0) is 3.89. The fraction of sp³-hybridized carbons (Fsp3) is 1.00. The van der Waals surface area contributed by atoms with Crippen molar-refractivity contribution >= 4 is 0 Å². The highest BCUT2D eigenvalue weighted by atomic mass is 14.9. The van der Waals surface area contributed by atoms with Gasteiger partial charge in [-0.2, -0.15) is 0 Å². The first-order valence-electron chi connectivity index (χ1n) is 2.91. The van der Waals surface area contributed by atoms with E-state index in [0.29, 0.717) is 0 Å². The molecule has 32 valence electrons. The highest BCUT2D eigenvalue weighted by Crippen LogP contribution is 2.90. The fourth-order valence-corrected chi connectivity index (χ4v) is 2.51. The Kier molecular flexibility index (Phi) is 0.139. The third-order valence-electron chi connectivity index (χ3n) is 3.15. The molecule has 0 spiro atoms. The van der Waals surface area contributed by atoms with Crippen molar-refractivity contribution in [3.05, 3.63) is 0 Å². The van der Waals surface area contributed by atoms with Gasteiger partial charge in [0.1, 0.15) is 0 Å². The van der Waals surface area contributed by atoms with E-state index in [-0.39, 0.29) is 0 Å². The first kappa shape index (κ1) is 2.34. The molecule has 0 aromatic rings. The molecule has 0 unspecified atom stereocenters. The summed E-state index contributed by atoms with van der Waals surface area (Å²) in [4.78, 5) is 0. The van der Waals surface area contributed by atoms with Crippen molar-refractivity contribution in [3.63, 3.8) is 0 Å². The van der Waals surface area contributed by atoms with Crippen LogP contribution in [0.1, 0.15) is 6.92 Å². The van der Waals surface area contributed by atoms with Crippen LogP contribution in [-0.2, 0) is 0 Å². The Hall–Kier alpha value is 0. The van der Waals surface area contributed by atoms with Crippen LogP contribution in [-0.4, -0.2) is 0 Å². The third-order valence-corrected chi connectivity index (χ3v) is 3.15.